The largest absolute Gasteiger partial charge is 0.477 e. The van der Waals surface area contributed by atoms with E-state index in [0.29, 0.717) is 6.08 Å². The van der Waals surface area contributed by atoms with Gasteiger partial charge in [-0.25, -0.2) is 9.78 Å². The molecule has 24 heavy (non-hydrogen) atoms. The molecule has 0 bridgehead atoms. The van der Waals surface area contributed by atoms with Crippen LogP contribution in [0.4, 0.5) is 18.9 Å². The summed E-state index contributed by atoms with van der Waals surface area (Å²) in [5, 5.41) is 18.6. The number of carboxylic acid groups (broad SMARTS) is 1. The van der Waals surface area contributed by atoms with Crippen molar-refractivity contribution in [1.82, 2.24) is 9.97 Å². The number of nitrogens with zero attached hydrogens (tertiary/aromatic N) is 2. The molecule has 3 N–H and O–H groups in total. The molecular weight excluding hydrogens is 325 g/mol. The topological polar surface area (TPSA) is 99.0 Å². The summed E-state index contributed by atoms with van der Waals surface area (Å²) in [6, 6.07) is 5.20. The Morgan fingerprint density at radius 3 is 2.50 bits per heavy atom. The Labute approximate surface area is 134 Å². The summed E-state index contributed by atoms with van der Waals surface area (Å²) in [5.41, 5.74) is -1.68. The number of hydrogen-bond donors (Lipinski definition) is 3. The minimum absolute atomic E-state index is 0.0532. The number of aromatic carboxylic acids is 1. The SMILES string of the molecule is N=C(/C=C(\Nc1ccc(C(=O)O)nc1)C(F)(F)F)c1cccnc1. The lowest BCUT2D eigenvalue weighted by atomic mass is 10.1. The third kappa shape index (κ3) is 4.38. The lowest BCUT2D eigenvalue weighted by molar-refractivity contribution is -0.0901. The fraction of sp³-hybridized carbons (Fsp3) is 0.0667. The number of carbonyl (C=O) groups is 1. The van der Waals surface area contributed by atoms with Crippen LogP contribution in [-0.4, -0.2) is 32.9 Å². The fourth-order valence-corrected chi connectivity index (χ4v) is 1.69. The van der Waals surface area contributed by atoms with E-state index in [1.54, 1.807) is 0 Å². The molecular formula is C15H11F3N4O2. The van der Waals surface area contributed by atoms with Crippen LogP contribution in [0.3, 0.4) is 0 Å². The Hall–Kier alpha value is -3.23. The first kappa shape index (κ1) is 17.1. The maximum absolute atomic E-state index is 13.1. The summed E-state index contributed by atoms with van der Waals surface area (Å²) < 4.78 is 39.4. The molecule has 0 saturated heterocycles. The number of carboxylic acids is 1. The quantitative estimate of drug-likeness (QED) is 0.729. The average Bonchev–Trinajstić information content (AvgIpc) is 2.54. The highest BCUT2D eigenvalue weighted by atomic mass is 19.4. The molecule has 9 heteroatoms. The minimum Gasteiger partial charge on any atom is -0.477 e. The van der Waals surface area contributed by atoms with Crippen molar-refractivity contribution in [2.24, 2.45) is 0 Å². The summed E-state index contributed by atoms with van der Waals surface area (Å²) in [6.07, 6.45) is -0.423. The molecule has 2 aromatic rings. The molecule has 2 heterocycles. The Balaban J connectivity index is 2.27. The lowest BCUT2D eigenvalue weighted by Gasteiger charge is -2.14. The van der Waals surface area contributed by atoms with Gasteiger partial charge in [-0.3, -0.25) is 4.98 Å². The summed E-state index contributed by atoms with van der Waals surface area (Å²) in [6.45, 7) is 0. The third-order valence-corrected chi connectivity index (χ3v) is 2.83. The molecule has 0 saturated carbocycles. The standard InChI is InChI=1S/C15H11F3N4O2/c16-15(17,18)13(6-11(19)9-2-1-5-20-7-9)22-10-3-4-12(14(23)24)21-8-10/h1-8,19,22H,(H,23,24)/b13-6-,19-11?. The van der Waals surface area contributed by atoms with E-state index < -0.39 is 17.8 Å². The molecule has 0 aliphatic rings. The second-order valence-electron chi connectivity index (χ2n) is 4.57. The van der Waals surface area contributed by atoms with E-state index in [1.165, 1.54) is 24.5 Å². The predicted molar refractivity (Wildman–Crippen MR) is 80.0 cm³/mol. The molecule has 2 rings (SSSR count). The maximum atomic E-state index is 13.1. The highest BCUT2D eigenvalue weighted by Gasteiger charge is 2.34. The van der Waals surface area contributed by atoms with Crippen LogP contribution in [0, 0.1) is 5.41 Å². The van der Waals surface area contributed by atoms with E-state index in [1.807, 2.05) is 0 Å². The zero-order chi connectivity index (χ0) is 17.7. The highest BCUT2D eigenvalue weighted by molar-refractivity contribution is 6.07. The molecule has 0 aromatic carbocycles. The van der Waals surface area contributed by atoms with Gasteiger partial charge < -0.3 is 15.8 Å². The van der Waals surface area contributed by atoms with Gasteiger partial charge in [-0.1, -0.05) is 0 Å². The van der Waals surface area contributed by atoms with Crippen molar-refractivity contribution < 1.29 is 23.1 Å². The normalized spacial score (nSPS) is 11.9. The second kappa shape index (κ2) is 6.90. The van der Waals surface area contributed by atoms with E-state index >= 15 is 0 Å². The van der Waals surface area contributed by atoms with E-state index in [2.05, 4.69) is 15.3 Å². The van der Waals surface area contributed by atoms with Gasteiger partial charge in [0.2, 0.25) is 0 Å². The highest BCUT2D eigenvalue weighted by Crippen LogP contribution is 2.27. The Morgan fingerprint density at radius 2 is 2.00 bits per heavy atom. The van der Waals surface area contributed by atoms with Crippen LogP contribution >= 0.6 is 0 Å². The lowest BCUT2D eigenvalue weighted by Crippen LogP contribution is -2.21. The Morgan fingerprint density at radius 1 is 1.25 bits per heavy atom. The molecule has 2 aromatic heterocycles. The van der Waals surface area contributed by atoms with Gasteiger partial charge in [0, 0.05) is 18.0 Å². The zero-order valence-corrected chi connectivity index (χ0v) is 12.0. The number of rotatable bonds is 5. The minimum atomic E-state index is -4.74. The predicted octanol–water partition coefficient (Wildman–Crippen LogP) is 3.10. The molecule has 0 aliphatic carbocycles. The van der Waals surface area contributed by atoms with E-state index in [4.69, 9.17) is 10.5 Å². The number of allylic oxidation sites excluding steroid dienone is 2. The van der Waals surface area contributed by atoms with Crippen LogP contribution in [0.25, 0.3) is 0 Å². The molecule has 0 spiro atoms. The van der Waals surface area contributed by atoms with Crippen molar-refractivity contribution in [2.75, 3.05) is 5.32 Å². The van der Waals surface area contributed by atoms with Crippen molar-refractivity contribution in [2.45, 2.75) is 6.18 Å². The summed E-state index contributed by atoms with van der Waals surface area (Å²) >= 11 is 0. The molecule has 0 aliphatic heterocycles. The number of anilines is 1. The van der Waals surface area contributed by atoms with E-state index in [9.17, 15) is 18.0 Å². The van der Waals surface area contributed by atoms with E-state index in [0.717, 1.165) is 18.3 Å². The van der Waals surface area contributed by atoms with Gasteiger partial charge in [-0.15, -0.1) is 0 Å². The van der Waals surface area contributed by atoms with Crippen molar-refractivity contribution >= 4 is 17.4 Å². The molecule has 0 radical (unpaired) electrons. The number of nitrogens with one attached hydrogen (secondary N) is 2. The van der Waals surface area contributed by atoms with Gasteiger partial charge in [0.1, 0.15) is 11.4 Å². The number of hydrogen-bond acceptors (Lipinski definition) is 5. The van der Waals surface area contributed by atoms with Crippen LogP contribution < -0.4 is 5.32 Å². The molecule has 0 amide bonds. The number of halogens is 3. The van der Waals surface area contributed by atoms with Gasteiger partial charge >= 0.3 is 12.1 Å². The third-order valence-electron chi connectivity index (χ3n) is 2.83. The maximum Gasteiger partial charge on any atom is 0.431 e. The fourth-order valence-electron chi connectivity index (χ4n) is 1.69. The number of alkyl halides is 3. The molecule has 0 atom stereocenters. The van der Waals surface area contributed by atoms with Crippen LogP contribution in [-0.2, 0) is 0 Å². The van der Waals surface area contributed by atoms with Crippen molar-refractivity contribution in [1.29, 1.82) is 5.41 Å². The van der Waals surface area contributed by atoms with Crippen molar-refractivity contribution in [3.8, 4) is 0 Å². The first-order valence-electron chi connectivity index (χ1n) is 6.51. The number of aromatic nitrogens is 2. The van der Waals surface area contributed by atoms with Gasteiger partial charge in [-0.2, -0.15) is 13.2 Å². The molecule has 0 fully saturated rings. The van der Waals surface area contributed by atoms with Crippen molar-refractivity contribution in [3.05, 3.63) is 65.9 Å². The van der Waals surface area contributed by atoms with Gasteiger partial charge in [-0.05, 0) is 30.3 Å². The monoisotopic (exact) mass is 336 g/mol. The molecule has 6 nitrogen and oxygen atoms in total. The average molecular weight is 336 g/mol. The van der Waals surface area contributed by atoms with Crippen LogP contribution in [0.1, 0.15) is 16.1 Å². The van der Waals surface area contributed by atoms with Crippen LogP contribution in [0.5, 0.6) is 0 Å². The first-order chi connectivity index (χ1) is 11.3. The Kier molecular flexibility index (Phi) is 4.93. The van der Waals surface area contributed by atoms with Crippen LogP contribution in [0.15, 0.2) is 54.6 Å². The Bertz CT molecular complexity index is 772. The summed E-state index contributed by atoms with van der Waals surface area (Å²) in [5.74, 6) is -1.29. The summed E-state index contributed by atoms with van der Waals surface area (Å²) in [7, 11) is 0. The van der Waals surface area contributed by atoms with Crippen LogP contribution in [0.2, 0.25) is 0 Å². The van der Waals surface area contributed by atoms with E-state index in [-0.39, 0.29) is 22.7 Å². The molecule has 0 unspecified atom stereocenters. The zero-order valence-electron chi connectivity index (χ0n) is 12.0. The van der Waals surface area contributed by atoms with Crippen molar-refractivity contribution in [3.63, 3.8) is 0 Å². The van der Waals surface area contributed by atoms with Gasteiger partial charge in [0.15, 0.2) is 0 Å². The van der Waals surface area contributed by atoms with Gasteiger partial charge in [0.05, 0.1) is 17.6 Å². The smallest absolute Gasteiger partial charge is 0.431 e. The molecule has 124 valence electrons. The van der Waals surface area contributed by atoms with Gasteiger partial charge in [0.25, 0.3) is 0 Å². The first-order valence-corrected chi connectivity index (χ1v) is 6.51. The second-order valence-corrected chi connectivity index (χ2v) is 4.57. The number of pyridine rings is 2. The summed E-state index contributed by atoms with van der Waals surface area (Å²) in [4.78, 5) is 18.0.